The third kappa shape index (κ3) is 5.47. The number of amides is 1. The molecule has 1 fully saturated rings. The highest BCUT2D eigenvalue weighted by Gasteiger charge is 2.38. The average molecular weight is 450 g/mol. The van der Waals surface area contributed by atoms with Crippen molar-refractivity contribution in [2.45, 2.75) is 56.9 Å². The number of nitrogens with zero attached hydrogens (tertiary/aromatic N) is 1. The van der Waals surface area contributed by atoms with Crippen molar-refractivity contribution in [3.8, 4) is 0 Å². The van der Waals surface area contributed by atoms with Crippen LogP contribution in [-0.4, -0.2) is 36.4 Å². The van der Waals surface area contributed by atoms with Gasteiger partial charge in [0.15, 0.2) is 0 Å². The Balaban J connectivity index is 1.18. The van der Waals surface area contributed by atoms with Crippen LogP contribution in [0.1, 0.15) is 56.1 Å². The van der Waals surface area contributed by atoms with Gasteiger partial charge in [0.2, 0.25) is 5.91 Å². The smallest absolute Gasteiger partial charge is 0.220 e. The van der Waals surface area contributed by atoms with Crippen molar-refractivity contribution < 1.29 is 9.18 Å². The second kappa shape index (κ2) is 10.5. The fourth-order valence-corrected chi connectivity index (χ4v) is 5.41. The zero-order valence-electron chi connectivity index (χ0n) is 19.9. The van der Waals surface area contributed by atoms with Gasteiger partial charge in [-0.15, -0.1) is 0 Å². The first kappa shape index (κ1) is 23.5. The van der Waals surface area contributed by atoms with Crippen LogP contribution in [0, 0.1) is 11.7 Å². The van der Waals surface area contributed by atoms with E-state index >= 15 is 0 Å². The van der Waals surface area contributed by atoms with Crippen molar-refractivity contribution in [1.29, 1.82) is 0 Å². The zero-order valence-corrected chi connectivity index (χ0v) is 19.9. The number of carbonyl (C=O) groups is 1. The lowest BCUT2D eigenvalue weighted by molar-refractivity contribution is -0.121. The lowest BCUT2D eigenvalue weighted by atomic mass is 9.72. The maximum absolute atomic E-state index is 13.5. The number of unbranched alkanes of at least 4 members (excludes halogenated alkanes) is 1. The summed E-state index contributed by atoms with van der Waals surface area (Å²) in [4.78, 5) is 18.0. The van der Waals surface area contributed by atoms with E-state index in [9.17, 15) is 9.18 Å². The molecule has 5 heteroatoms. The van der Waals surface area contributed by atoms with Crippen LogP contribution in [0.4, 0.5) is 4.39 Å². The van der Waals surface area contributed by atoms with Gasteiger partial charge in [0.1, 0.15) is 5.82 Å². The van der Waals surface area contributed by atoms with Gasteiger partial charge in [0, 0.05) is 35.6 Å². The van der Waals surface area contributed by atoms with Crippen molar-refractivity contribution in [3.05, 3.63) is 71.7 Å². The molecule has 0 spiro atoms. The number of benzene rings is 2. The molecule has 0 saturated heterocycles. The molecule has 1 amide bonds. The van der Waals surface area contributed by atoms with E-state index in [1.54, 1.807) is 12.1 Å². The fraction of sp³-hybridized carbons (Fsp3) is 0.464. The average Bonchev–Trinajstić information content (AvgIpc) is 3.23. The molecule has 1 saturated carbocycles. The highest BCUT2D eigenvalue weighted by atomic mass is 19.1. The van der Waals surface area contributed by atoms with Gasteiger partial charge in [-0.25, -0.2) is 4.39 Å². The van der Waals surface area contributed by atoms with Crippen LogP contribution in [-0.2, 0) is 16.8 Å². The van der Waals surface area contributed by atoms with Gasteiger partial charge < -0.3 is 10.3 Å². The molecule has 4 rings (SSSR count). The van der Waals surface area contributed by atoms with E-state index in [4.69, 9.17) is 0 Å². The van der Waals surface area contributed by atoms with E-state index in [2.05, 4.69) is 59.6 Å². The minimum atomic E-state index is -0.211. The normalized spacial score (nSPS) is 20.9. The summed E-state index contributed by atoms with van der Waals surface area (Å²) in [5.74, 6) is 0.483. The van der Waals surface area contributed by atoms with Crippen LogP contribution in [0.2, 0.25) is 0 Å². The Bertz CT molecular complexity index is 1050. The van der Waals surface area contributed by atoms with Crippen LogP contribution < -0.4 is 5.32 Å². The van der Waals surface area contributed by atoms with Gasteiger partial charge >= 0.3 is 0 Å². The first-order chi connectivity index (χ1) is 16.0. The Labute approximate surface area is 196 Å². The molecule has 33 heavy (non-hydrogen) atoms. The predicted octanol–water partition coefficient (Wildman–Crippen LogP) is 5.78. The Kier molecular flexibility index (Phi) is 7.49. The van der Waals surface area contributed by atoms with Gasteiger partial charge in [-0.3, -0.25) is 9.69 Å². The Morgan fingerprint density at radius 1 is 1.12 bits per heavy atom. The number of carbonyl (C=O) groups excluding carboxylic acids is 1. The topological polar surface area (TPSA) is 48.1 Å². The van der Waals surface area contributed by atoms with Crippen LogP contribution in [0.15, 0.2) is 54.7 Å². The van der Waals surface area contributed by atoms with Crippen molar-refractivity contribution in [3.63, 3.8) is 0 Å². The lowest BCUT2D eigenvalue weighted by Crippen LogP contribution is -2.45. The van der Waals surface area contributed by atoms with Crippen LogP contribution in [0.5, 0.6) is 0 Å². The molecule has 3 aromatic rings. The molecule has 0 unspecified atom stereocenters. The maximum atomic E-state index is 13.5. The van der Waals surface area contributed by atoms with Crippen LogP contribution in [0.3, 0.4) is 0 Å². The van der Waals surface area contributed by atoms with Crippen LogP contribution >= 0.6 is 0 Å². The minimum absolute atomic E-state index is 0.104. The molecule has 1 aliphatic carbocycles. The van der Waals surface area contributed by atoms with Crippen molar-refractivity contribution >= 4 is 16.8 Å². The molecule has 1 aliphatic rings. The Hall–Kier alpha value is -2.66. The van der Waals surface area contributed by atoms with E-state index in [1.807, 2.05) is 6.20 Å². The highest BCUT2D eigenvalue weighted by Crippen LogP contribution is 2.42. The predicted molar refractivity (Wildman–Crippen MR) is 133 cm³/mol. The summed E-state index contributed by atoms with van der Waals surface area (Å²) in [6, 6.07) is 15.7. The largest absolute Gasteiger partial charge is 0.361 e. The van der Waals surface area contributed by atoms with Gasteiger partial charge in [0.05, 0.1) is 0 Å². The number of fused-ring (bicyclic) bond motifs is 1. The molecule has 0 aliphatic heterocycles. The van der Waals surface area contributed by atoms with E-state index < -0.39 is 0 Å². The number of nitrogens with one attached hydrogen (secondary N) is 2. The molecular formula is C28H36FN3O. The molecule has 1 aromatic heterocycles. The molecular weight excluding hydrogens is 413 g/mol. The number of rotatable bonds is 9. The maximum Gasteiger partial charge on any atom is 0.220 e. The standard InChI is InChI=1S/C28H36FN3O/c1-32(2)28(23-9-4-3-5-10-23)16-14-21(15-17-28)19-31-27(33)11-7-6-8-22-20-30-26-13-12-24(29)18-25(22)26/h3-5,9-10,12-13,18,20-21,30H,6-8,11,14-17,19H2,1-2H3,(H,31,33). The molecule has 0 atom stereocenters. The summed E-state index contributed by atoms with van der Waals surface area (Å²) >= 11 is 0. The van der Waals surface area contributed by atoms with E-state index in [0.717, 1.165) is 68.0 Å². The Morgan fingerprint density at radius 3 is 2.61 bits per heavy atom. The molecule has 4 nitrogen and oxygen atoms in total. The minimum Gasteiger partial charge on any atom is -0.361 e. The highest BCUT2D eigenvalue weighted by molar-refractivity contribution is 5.83. The molecule has 1 heterocycles. The first-order valence-electron chi connectivity index (χ1n) is 12.2. The second-order valence-electron chi connectivity index (χ2n) is 9.75. The monoisotopic (exact) mass is 449 g/mol. The van der Waals surface area contributed by atoms with E-state index in [1.165, 1.54) is 11.6 Å². The van der Waals surface area contributed by atoms with Crippen molar-refractivity contribution in [2.75, 3.05) is 20.6 Å². The summed E-state index contributed by atoms with van der Waals surface area (Å²) < 4.78 is 13.5. The summed E-state index contributed by atoms with van der Waals surface area (Å²) in [5, 5.41) is 4.12. The van der Waals surface area contributed by atoms with Gasteiger partial charge in [-0.1, -0.05) is 30.3 Å². The number of aromatic amines is 1. The fourth-order valence-electron chi connectivity index (χ4n) is 5.41. The third-order valence-corrected chi connectivity index (χ3v) is 7.52. The number of aromatic nitrogens is 1. The lowest BCUT2D eigenvalue weighted by Gasteiger charge is -2.45. The molecule has 0 bridgehead atoms. The number of halogens is 1. The third-order valence-electron chi connectivity index (χ3n) is 7.52. The molecule has 2 N–H and O–H groups in total. The Morgan fingerprint density at radius 2 is 1.88 bits per heavy atom. The van der Waals surface area contributed by atoms with Crippen molar-refractivity contribution in [2.24, 2.45) is 5.92 Å². The van der Waals surface area contributed by atoms with Gasteiger partial charge in [0.25, 0.3) is 0 Å². The van der Waals surface area contributed by atoms with Gasteiger partial charge in [-0.2, -0.15) is 0 Å². The summed E-state index contributed by atoms with van der Waals surface area (Å²) in [7, 11) is 4.36. The van der Waals surface area contributed by atoms with Crippen LogP contribution in [0.25, 0.3) is 10.9 Å². The number of hydrogen-bond acceptors (Lipinski definition) is 2. The number of hydrogen-bond donors (Lipinski definition) is 2. The van der Waals surface area contributed by atoms with E-state index in [-0.39, 0.29) is 17.3 Å². The zero-order chi connectivity index (χ0) is 23.3. The summed E-state index contributed by atoms with van der Waals surface area (Å²) in [5.41, 5.74) is 3.58. The SMILES string of the molecule is CN(C)C1(c2ccccc2)CCC(CNC(=O)CCCCc2c[nH]c3ccc(F)cc23)CC1. The van der Waals surface area contributed by atoms with Crippen molar-refractivity contribution in [1.82, 2.24) is 15.2 Å². The summed E-state index contributed by atoms with van der Waals surface area (Å²) in [6.07, 6.45) is 9.62. The number of aryl methyl sites for hydroxylation is 1. The van der Waals surface area contributed by atoms with Gasteiger partial charge in [-0.05, 0) is 94.3 Å². The second-order valence-corrected chi connectivity index (χ2v) is 9.75. The summed E-state index contributed by atoms with van der Waals surface area (Å²) in [6.45, 7) is 0.777. The molecule has 0 radical (unpaired) electrons. The molecule has 176 valence electrons. The number of H-pyrrole nitrogens is 1. The van der Waals surface area contributed by atoms with E-state index in [0.29, 0.717) is 12.3 Å². The molecule has 2 aromatic carbocycles. The first-order valence-corrected chi connectivity index (χ1v) is 12.2. The quantitative estimate of drug-likeness (QED) is 0.407.